The summed E-state index contributed by atoms with van der Waals surface area (Å²) in [4.78, 5) is 39.2. The lowest BCUT2D eigenvalue weighted by molar-refractivity contribution is -0.128. The molecule has 0 bridgehead atoms. The summed E-state index contributed by atoms with van der Waals surface area (Å²) >= 11 is 0. The van der Waals surface area contributed by atoms with Crippen LogP contribution in [0.1, 0.15) is 34.3 Å². The second kappa shape index (κ2) is 12.6. The third-order valence-electron chi connectivity index (χ3n) is 7.22. The highest BCUT2D eigenvalue weighted by molar-refractivity contribution is 6.00. The fraction of sp³-hybridized carbons (Fsp3) is 0.367. The molecule has 0 spiro atoms. The molecule has 9 nitrogen and oxygen atoms in total. The molecule has 206 valence electrons. The number of nitrogens with one attached hydrogen (secondary N) is 4. The van der Waals surface area contributed by atoms with E-state index in [2.05, 4.69) is 21.3 Å². The van der Waals surface area contributed by atoms with E-state index >= 15 is 0 Å². The summed E-state index contributed by atoms with van der Waals surface area (Å²) in [5.74, 6) is 0.289. The maximum absolute atomic E-state index is 13.4. The highest BCUT2D eigenvalue weighted by atomic mass is 16.5. The maximum atomic E-state index is 13.4. The molecule has 9 heteroatoms. The van der Waals surface area contributed by atoms with Crippen LogP contribution in [0.4, 0.5) is 0 Å². The first-order valence-electron chi connectivity index (χ1n) is 13.1. The van der Waals surface area contributed by atoms with Crippen LogP contribution in [0.5, 0.6) is 11.5 Å². The van der Waals surface area contributed by atoms with E-state index in [-0.39, 0.29) is 37.2 Å². The summed E-state index contributed by atoms with van der Waals surface area (Å²) in [5, 5.41) is 14.2. The molecular weight excluding hydrogens is 496 g/mol. The summed E-state index contributed by atoms with van der Waals surface area (Å²) < 4.78 is 10.8. The van der Waals surface area contributed by atoms with Crippen molar-refractivity contribution in [1.29, 1.82) is 0 Å². The summed E-state index contributed by atoms with van der Waals surface area (Å²) in [6.45, 7) is 3.56. The van der Waals surface area contributed by atoms with Gasteiger partial charge in [-0.05, 0) is 61.3 Å². The molecule has 1 aliphatic heterocycles. The Hall–Kier alpha value is -4.11. The van der Waals surface area contributed by atoms with Gasteiger partial charge in [0.15, 0.2) is 0 Å². The van der Waals surface area contributed by atoms with E-state index in [4.69, 9.17) is 9.47 Å². The normalized spacial score (nSPS) is 14.3. The predicted octanol–water partition coefficient (Wildman–Crippen LogP) is 2.49. The Morgan fingerprint density at radius 1 is 0.897 bits per heavy atom. The lowest BCUT2D eigenvalue weighted by Gasteiger charge is -2.37. The molecular formula is C30H36N4O5. The number of ether oxygens (including phenoxy) is 2. The van der Waals surface area contributed by atoms with Gasteiger partial charge in [-0.15, -0.1) is 0 Å². The lowest BCUT2D eigenvalue weighted by Crippen LogP contribution is -2.63. The monoisotopic (exact) mass is 532 g/mol. The van der Waals surface area contributed by atoms with Gasteiger partial charge in [-0.1, -0.05) is 42.5 Å². The minimum Gasteiger partial charge on any atom is -0.496 e. The fourth-order valence-corrected chi connectivity index (χ4v) is 5.00. The summed E-state index contributed by atoms with van der Waals surface area (Å²) in [7, 11) is 3.07. The quantitative estimate of drug-likeness (QED) is 0.298. The molecule has 1 saturated heterocycles. The van der Waals surface area contributed by atoms with Crippen LogP contribution >= 0.6 is 0 Å². The van der Waals surface area contributed by atoms with Crippen molar-refractivity contribution in [3.63, 3.8) is 0 Å². The SMILES string of the molecule is COc1cc(C(=O)NC2(C(=O)NCCNC(=O)Cc3cccc4ccccc34)CCNCC2)cc(OC)c1C. The molecule has 4 rings (SSSR count). The van der Waals surface area contributed by atoms with Crippen molar-refractivity contribution >= 4 is 28.5 Å². The van der Waals surface area contributed by atoms with E-state index < -0.39 is 5.54 Å². The number of hydrogen-bond acceptors (Lipinski definition) is 6. The number of rotatable bonds is 10. The second-order valence-corrected chi connectivity index (χ2v) is 9.71. The topological polar surface area (TPSA) is 118 Å². The number of methoxy groups -OCH3 is 2. The zero-order valence-electron chi connectivity index (χ0n) is 22.7. The lowest BCUT2D eigenvalue weighted by atomic mass is 9.86. The third-order valence-corrected chi connectivity index (χ3v) is 7.22. The first-order chi connectivity index (χ1) is 18.9. The Morgan fingerprint density at radius 3 is 2.23 bits per heavy atom. The van der Waals surface area contributed by atoms with E-state index in [0.717, 1.165) is 21.9 Å². The number of fused-ring (bicyclic) bond motifs is 1. The van der Waals surface area contributed by atoms with Crippen LogP contribution in [0.3, 0.4) is 0 Å². The van der Waals surface area contributed by atoms with Crippen LogP contribution in [-0.2, 0) is 16.0 Å². The highest BCUT2D eigenvalue weighted by Crippen LogP contribution is 2.30. The van der Waals surface area contributed by atoms with Crippen molar-refractivity contribution in [2.45, 2.75) is 31.7 Å². The van der Waals surface area contributed by atoms with Crippen LogP contribution < -0.4 is 30.7 Å². The van der Waals surface area contributed by atoms with Crippen molar-refractivity contribution in [3.05, 3.63) is 71.3 Å². The number of carbonyl (C=O) groups is 3. The van der Waals surface area contributed by atoms with Gasteiger partial charge in [0.1, 0.15) is 17.0 Å². The Kier molecular flexibility index (Phi) is 9.03. The smallest absolute Gasteiger partial charge is 0.252 e. The van der Waals surface area contributed by atoms with Gasteiger partial charge in [-0.2, -0.15) is 0 Å². The predicted molar refractivity (Wildman–Crippen MR) is 150 cm³/mol. The van der Waals surface area contributed by atoms with E-state index in [1.807, 2.05) is 49.4 Å². The van der Waals surface area contributed by atoms with Crippen molar-refractivity contribution in [2.24, 2.45) is 0 Å². The van der Waals surface area contributed by atoms with Gasteiger partial charge in [-0.25, -0.2) is 0 Å². The van der Waals surface area contributed by atoms with Crippen LogP contribution in [0.2, 0.25) is 0 Å². The first kappa shape index (κ1) is 27.9. The number of amides is 3. The van der Waals surface area contributed by atoms with Crippen LogP contribution in [-0.4, -0.2) is 63.7 Å². The molecule has 0 atom stereocenters. The van der Waals surface area contributed by atoms with Crippen molar-refractivity contribution in [1.82, 2.24) is 21.3 Å². The van der Waals surface area contributed by atoms with E-state index in [1.165, 1.54) is 14.2 Å². The third kappa shape index (κ3) is 6.49. The summed E-state index contributed by atoms with van der Waals surface area (Å²) in [6, 6.07) is 17.2. The minimum absolute atomic E-state index is 0.118. The van der Waals surface area contributed by atoms with E-state index in [1.54, 1.807) is 12.1 Å². The Bertz CT molecular complexity index is 1320. The standard InChI is InChI=1S/C30H36N4O5/c1-20-25(38-2)17-23(18-26(20)39-3)28(36)34-30(11-13-31-14-12-30)29(37)33-16-15-32-27(35)19-22-9-6-8-21-7-4-5-10-24(21)22/h4-10,17-18,31H,11-16,19H2,1-3H3,(H,32,35)(H,33,37)(H,34,36). The zero-order chi connectivity index (χ0) is 27.8. The van der Waals surface area contributed by atoms with Crippen LogP contribution in [0, 0.1) is 6.92 Å². The molecule has 0 aromatic heterocycles. The molecule has 1 aliphatic rings. The van der Waals surface area contributed by atoms with Gasteiger partial charge in [-0.3, -0.25) is 14.4 Å². The maximum Gasteiger partial charge on any atom is 0.252 e. The van der Waals surface area contributed by atoms with Crippen LogP contribution in [0.15, 0.2) is 54.6 Å². The Labute approximate surface area is 228 Å². The molecule has 0 unspecified atom stereocenters. The van der Waals surface area contributed by atoms with E-state index in [0.29, 0.717) is 43.0 Å². The van der Waals surface area contributed by atoms with Crippen molar-refractivity contribution in [2.75, 3.05) is 40.4 Å². The molecule has 4 N–H and O–H groups in total. The average Bonchev–Trinajstić information content (AvgIpc) is 2.96. The number of hydrogen-bond donors (Lipinski definition) is 4. The molecule has 0 radical (unpaired) electrons. The number of piperidine rings is 1. The van der Waals surface area contributed by atoms with Gasteiger partial charge >= 0.3 is 0 Å². The molecule has 1 fully saturated rings. The van der Waals surface area contributed by atoms with Gasteiger partial charge in [0.05, 0.1) is 20.6 Å². The number of carbonyl (C=O) groups excluding carboxylic acids is 3. The Balaban J connectivity index is 1.35. The highest BCUT2D eigenvalue weighted by Gasteiger charge is 2.41. The summed E-state index contributed by atoms with van der Waals surface area (Å²) in [6.07, 6.45) is 1.14. The average molecular weight is 533 g/mol. The number of benzene rings is 3. The van der Waals surface area contributed by atoms with E-state index in [9.17, 15) is 14.4 Å². The largest absolute Gasteiger partial charge is 0.496 e. The molecule has 0 saturated carbocycles. The van der Waals surface area contributed by atoms with Crippen molar-refractivity contribution in [3.8, 4) is 11.5 Å². The van der Waals surface area contributed by atoms with Gasteiger partial charge in [0.2, 0.25) is 11.8 Å². The zero-order valence-corrected chi connectivity index (χ0v) is 22.7. The van der Waals surface area contributed by atoms with Gasteiger partial charge in [0, 0.05) is 24.2 Å². The second-order valence-electron chi connectivity index (χ2n) is 9.71. The van der Waals surface area contributed by atoms with Crippen LogP contribution in [0.25, 0.3) is 10.8 Å². The summed E-state index contributed by atoms with van der Waals surface area (Å²) in [5.41, 5.74) is 1.02. The first-order valence-corrected chi connectivity index (χ1v) is 13.1. The van der Waals surface area contributed by atoms with Gasteiger partial charge in [0.25, 0.3) is 5.91 Å². The Morgan fingerprint density at radius 2 is 1.54 bits per heavy atom. The molecule has 3 aromatic rings. The minimum atomic E-state index is -1.07. The van der Waals surface area contributed by atoms with Crippen molar-refractivity contribution < 1.29 is 23.9 Å². The molecule has 39 heavy (non-hydrogen) atoms. The molecule has 3 aromatic carbocycles. The van der Waals surface area contributed by atoms with Gasteiger partial charge < -0.3 is 30.7 Å². The fourth-order valence-electron chi connectivity index (χ4n) is 5.00. The molecule has 1 heterocycles. The molecule has 0 aliphatic carbocycles. The molecule has 3 amide bonds.